The lowest BCUT2D eigenvalue weighted by molar-refractivity contribution is -0.134. The summed E-state index contributed by atoms with van der Waals surface area (Å²) in [6.07, 6.45) is 0.0737. The number of phosphoric acid groups is 1. The number of nitrogens with one attached hydrogen (secondary N) is 3. The molecule has 4 atom stereocenters. The van der Waals surface area contributed by atoms with Crippen LogP contribution in [-0.2, 0) is 23.4 Å². The van der Waals surface area contributed by atoms with Crippen LogP contribution in [0.15, 0.2) is 36.4 Å². The third-order valence-corrected chi connectivity index (χ3v) is 8.87. The van der Waals surface area contributed by atoms with E-state index in [1.165, 1.54) is 24.3 Å². The van der Waals surface area contributed by atoms with Crippen LogP contribution in [0, 0.1) is 23.5 Å². The highest BCUT2D eigenvalue weighted by Crippen LogP contribution is 2.49. The topological polar surface area (TPSA) is 182 Å². The Bertz CT molecular complexity index is 1490. The fourth-order valence-corrected chi connectivity index (χ4v) is 6.21. The van der Waals surface area contributed by atoms with Crippen molar-refractivity contribution in [3.05, 3.63) is 58.1 Å². The van der Waals surface area contributed by atoms with Gasteiger partial charge in [-0.3, -0.25) is 14.1 Å². The van der Waals surface area contributed by atoms with E-state index in [4.69, 9.17) is 47.2 Å². The van der Waals surface area contributed by atoms with Crippen molar-refractivity contribution in [1.82, 2.24) is 16.0 Å². The molecule has 2 aromatic rings. The second-order valence-electron chi connectivity index (χ2n) is 10.9. The minimum atomic E-state index is -4.71. The number of hydrogen-bond acceptors (Lipinski definition) is 8. The monoisotopic (exact) mass is 709 g/mol. The molecule has 2 aromatic carbocycles. The number of hydrogen-bond donors (Lipinski definition) is 5. The summed E-state index contributed by atoms with van der Waals surface area (Å²) in [5.41, 5.74) is -1.05. The molecular weight excluding hydrogens is 678 g/mol. The number of benzene rings is 2. The number of halogens is 4. The lowest BCUT2D eigenvalue weighted by Crippen LogP contribution is -2.67. The lowest BCUT2D eigenvalue weighted by Gasteiger charge is -2.54. The smallest absolute Gasteiger partial charge is 0.469 e. The Morgan fingerprint density at radius 3 is 2.15 bits per heavy atom. The molecule has 46 heavy (non-hydrogen) atoms. The third kappa shape index (κ3) is 10.1. The van der Waals surface area contributed by atoms with Crippen LogP contribution in [0.5, 0.6) is 11.5 Å². The van der Waals surface area contributed by atoms with Crippen LogP contribution >= 0.6 is 31.0 Å². The number of carbonyl (C=O) groups excluding carboxylic acids is 3. The normalized spacial score (nSPS) is 22.1. The van der Waals surface area contributed by atoms with Gasteiger partial charge in [0.05, 0.1) is 22.2 Å². The SMILES string of the molecule is O=C(COc1ccc(Cl)c(F)c1)NCC1CC2(NC(=O)COc3ccc(Cl)c(F)c3)CCC1C[C@@H]2OC(=O)NCCOP(=O)(O)O. The quantitative estimate of drug-likeness (QED) is 0.143. The summed E-state index contributed by atoms with van der Waals surface area (Å²) in [4.78, 5) is 55.8. The molecular formula is C28H32Cl2F2N3O10P. The maximum absolute atomic E-state index is 13.8. The molecule has 3 fully saturated rings. The van der Waals surface area contributed by atoms with Crippen molar-refractivity contribution in [3.8, 4) is 11.5 Å². The van der Waals surface area contributed by atoms with Crippen molar-refractivity contribution < 1.29 is 56.3 Å². The number of phosphoric ester groups is 1. The highest BCUT2D eigenvalue weighted by Gasteiger charge is 2.54. The summed E-state index contributed by atoms with van der Waals surface area (Å²) in [5.74, 6) is -2.33. The van der Waals surface area contributed by atoms with Crippen molar-refractivity contribution in [3.63, 3.8) is 0 Å². The number of rotatable bonds is 14. The number of alkyl carbamates (subject to hydrolysis) is 1. The van der Waals surface area contributed by atoms with E-state index in [9.17, 15) is 27.7 Å². The van der Waals surface area contributed by atoms with Crippen molar-refractivity contribution in [2.75, 3.05) is 32.9 Å². The highest BCUT2D eigenvalue weighted by atomic mass is 35.5. The van der Waals surface area contributed by atoms with Gasteiger partial charge in [-0.05, 0) is 61.8 Å². The van der Waals surface area contributed by atoms with Gasteiger partial charge in [-0.25, -0.2) is 18.1 Å². The Morgan fingerprint density at radius 1 is 0.957 bits per heavy atom. The third-order valence-electron chi connectivity index (χ3n) is 7.74. The Morgan fingerprint density at radius 2 is 1.57 bits per heavy atom. The molecule has 3 aliphatic rings. The maximum Gasteiger partial charge on any atom is 0.469 e. The predicted octanol–water partition coefficient (Wildman–Crippen LogP) is 3.72. The van der Waals surface area contributed by atoms with Crippen LogP contribution in [0.3, 0.4) is 0 Å². The molecule has 3 aliphatic carbocycles. The van der Waals surface area contributed by atoms with E-state index in [2.05, 4.69) is 20.5 Å². The average molecular weight is 710 g/mol. The van der Waals surface area contributed by atoms with E-state index in [1.807, 2.05) is 0 Å². The standard InChI is InChI=1S/C28H32Cl2F2N3O10P/c29-20-3-1-18(10-22(20)31)42-14-25(36)34-13-17-12-28(35-26(37)15-43-19-2-4-21(30)23(32)11-19)6-5-16(17)9-24(28)45-27(38)33-7-8-44-46(39,40)41/h1-4,10-11,16-17,24H,5-9,12-15H2,(H,33,38)(H,34,36)(H,35,37)(H2,39,40,41)/t16?,17?,24-,28?/m0/s1. The van der Waals surface area contributed by atoms with Gasteiger partial charge in [-0.15, -0.1) is 0 Å². The number of fused-ring (bicyclic) bond motifs is 3. The highest BCUT2D eigenvalue weighted by molar-refractivity contribution is 7.46. The zero-order valence-corrected chi connectivity index (χ0v) is 26.6. The summed E-state index contributed by atoms with van der Waals surface area (Å²) in [7, 11) is -4.71. The van der Waals surface area contributed by atoms with Crippen LogP contribution < -0.4 is 25.4 Å². The van der Waals surface area contributed by atoms with Crippen LogP contribution in [0.1, 0.15) is 25.7 Å². The summed E-state index contributed by atoms with van der Waals surface area (Å²) >= 11 is 11.4. The Labute approximate surface area is 272 Å². The number of amides is 3. The molecule has 5 N–H and O–H groups in total. The first-order chi connectivity index (χ1) is 21.7. The summed E-state index contributed by atoms with van der Waals surface area (Å²) in [5, 5.41) is 7.90. The predicted molar refractivity (Wildman–Crippen MR) is 159 cm³/mol. The molecule has 0 radical (unpaired) electrons. The van der Waals surface area contributed by atoms with Crippen molar-refractivity contribution in [1.29, 1.82) is 0 Å². The molecule has 3 unspecified atom stereocenters. The molecule has 13 nitrogen and oxygen atoms in total. The van der Waals surface area contributed by atoms with Crippen molar-refractivity contribution in [2.45, 2.75) is 37.3 Å². The number of carbonyl (C=O) groups is 3. The molecule has 2 bridgehead atoms. The van der Waals surface area contributed by atoms with Gasteiger partial charge < -0.3 is 39.9 Å². The lowest BCUT2D eigenvalue weighted by atomic mass is 9.59. The van der Waals surface area contributed by atoms with E-state index in [0.29, 0.717) is 25.7 Å². The summed E-state index contributed by atoms with van der Waals surface area (Å²) < 4.78 is 59.1. The first-order valence-electron chi connectivity index (χ1n) is 14.1. The van der Waals surface area contributed by atoms with Gasteiger partial charge in [-0.2, -0.15) is 0 Å². The minimum absolute atomic E-state index is 0.00874. The van der Waals surface area contributed by atoms with Gasteiger partial charge in [0.15, 0.2) is 13.2 Å². The average Bonchev–Trinajstić information content (AvgIpc) is 2.99. The van der Waals surface area contributed by atoms with E-state index >= 15 is 0 Å². The van der Waals surface area contributed by atoms with E-state index in [-0.39, 0.29) is 53.1 Å². The van der Waals surface area contributed by atoms with E-state index < -0.39 is 62.2 Å². The molecule has 0 spiro atoms. The second kappa shape index (κ2) is 15.6. The molecule has 5 rings (SSSR count). The molecule has 0 saturated heterocycles. The maximum atomic E-state index is 13.8. The van der Waals surface area contributed by atoms with Crippen LogP contribution in [0.25, 0.3) is 0 Å². The van der Waals surface area contributed by atoms with Gasteiger partial charge in [-0.1, -0.05) is 23.2 Å². The zero-order valence-electron chi connectivity index (χ0n) is 24.2. The summed E-state index contributed by atoms with van der Waals surface area (Å²) in [6, 6.07) is 7.54. The van der Waals surface area contributed by atoms with E-state index in [1.54, 1.807) is 0 Å². The molecule has 0 aliphatic heterocycles. The first-order valence-corrected chi connectivity index (χ1v) is 16.4. The van der Waals surface area contributed by atoms with Crippen molar-refractivity contribution >= 4 is 48.9 Å². The fourth-order valence-electron chi connectivity index (χ4n) is 5.64. The molecule has 3 amide bonds. The second-order valence-corrected chi connectivity index (χ2v) is 12.9. The Kier molecular flexibility index (Phi) is 12.1. The molecule has 0 aromatic heterocycles. The van der Waals surface area contributed by atoms with Crippen LogP contribution in [0.2, 0.25) is 10.0 Å². The van der Waals surface area contributed by atoms with E-state index in [0.717, 1.165) is 12.1 Å². The fraction of sp³-hybridized carbons (Fsp3) is 0.464. The molecule has 252 valence electrons. The van der Waals surface area contributed by atoms with Gasteiger partial charge in [0.1, 0.15) is 29.2 Å². The van der Waals surface area contributed by atoms with Crippen LogP contribution in [0.4, 0.5) is 13.6 Å². The Hall–Kier alpha value is -3.20. The molecule has 3 saturated carbocycles. The van der Waals surface area contributed by atoms with Gasteiger partial charge in [0.25, 0.3) is 11.8 Å². The molecule has 0 heterocycles. The van der Waals surface area contributed by atoms with Crippen LogP contribution in [-0.4, -0.2) is 72.2 Å². The summed E-state index contributed by atoms with van der Waals surface area (Å²) in [6.45, 7) is -1.34. The zero-order chi connectivity index (χ0) is 33.5. The van der Waals surface area contributed by atoms with Crippen molar-refractivity contribution in [2.24, 2.45) is 11.8 Å². The minimum Gasteiger partial charge on any atom is -0.484 e. The molecule has 18 heteroatoms. The number of ether oxygens (including phenoxy) is 3. The van der Waals surface area contributed by atoms with Gasteiger partial charge >= 0.3 is 13.9 Å². The Balaban J connectivity index is 1.37. The largest absolute Gasteiger partial charge is 0.484 e. The van der Waals surface area contributed by atoms with Gasteiger partial charge in [0, 0.05) is 25.2 Å². The first kappa shape index (κ1) is 35.7. The van der Waals surface area contributed by atoms with Gasteiger partial charge in [0.2, 0.25) is 0 Å².